The monoisotopic (exact) mass is 222 g/mol. The van der Waals surface area contributed by atoms with Crippen molar-refractivity contribution in [1.29, 1.82) is 0 Å². The molecule has 3 N–H and O–H groups in total. The summed E-state index contributed by atoms with van der Waals surface area (Å²) in [6.07, 6.45) is 0.348. The Labute approximate surface area is 95.8 Å². The van der Waals surface area contributed by atoms with Gasteiger partial charge in [0.25, 0.3) is 0 Å². The molecule has 0 spiro atoms. The Kier molecular flexibility index (Phi) is 4.64. The molecule has 16 heavy (non-hydrogen) atoms. The van der Waals surface area contributed by atoms with Gasteiger partial charge < -0.3 is 15.8 Å². The molecule has 0 aliphatic rings. The number of nitrogen functional groups attached to an aromatic ring is 1. The third-order valence-corrected chi connectivity index (χ3v) is 2.16. The molecule has 88 valence electrons. The Bertz CT molecular complexity index is 364. The minimum atomic E-state index is -0.193. The first-order valence-electron chi connectivity index (χ1n) is 5.39. The molecule has 0 atom stereocenters. The van der Waals surface area contributed by atoms with Crippen molar-refractivity contribution in [3.63, 3.8) is 0 Å². The highest BCUT2D eigenvalue weighted by molar-refractivity contribution is 5.71. The van der Waals surface area contributed by atoms with Crippen molar-refractivity contribution in [3.05, 3.63) is 23.8 Å². The lowest BCUT2D eigenvalue weighted by Gasteiger charge is -2.09. The highest BCUT2D eigenvalue weighted by Gasteiger charge is 2.02. The molecule has 0 bridgehead atoms. The standard InChI is InChI=1S/C12H18N2O2/c1-3-16-12(15)6-7-14-11-8-9(2)4-5-10(11)13/h4-5,8,14H,3,6-7,13H2,1-2H3. The van der Waals surface area contributed by atoms with Gasteiger partial charge in [0, 0.05) is 6.54 Å². The van der Waals surface area contributed by atoms with Gasteiger partial charge in [-0.1, -0.05) is 6.07 Å². The summed E-state index contributed by atoms with van der Waals surface area (Å²) in [6.45, 7) is 4.75. The van der Waals surface area contributed by atoms with E-state index in [1.165, 1.54) is 0 Å². The highest BCUT2D eigenvalue weighted by Crippen LogP contribution is 2.19. The zero-order valence-corrected chi connectivity index (χ0v) is 9.75. The molecule has 1 aromatic carbocycles. The third kappa shape index (κ3) is 3.81. The van der Waals surface area contributed by atoms with Crippen molar-refractivity contribution in [2.45, 2.75) is 20.3 Å². The Hall–Kier alpha value is -1.71. The molecule has 4 heteroatoms. The second kappa shape index (κ2) is 6.00. The quantitative estimate of drug-likeness (QED) is 0.590. The largest absolute Gasteiger partial charge is 0.466 e. The molecule has 0 aliphatic carbocycles. The van der Waals surface area contributed by atoms with E-state index < -0.39 is 0 Å². The first-order chi connectivity index (χ1) is 7.63. The number of ether oxygens (including phenoxy) is 1. The lowest BCUT2D eigenvalue weighted by Crippen LogP contribution is -2.12. The maximum absolute atomic E-state index is 11.1. The number of nitrogens with one attached hydrogen (secondary N) is 1. The third-order valence-electron chi connectivity index (χ3n) is 2.16. The number of carbonyl (C=O) groups excluding carboxylic acids is 1. The van der Waals surface area contributed by atoms with Gasteiger partial charge in [0.1, 0.15) is 0 Å². The molecule has 0 heterocycles. The summed E-state index contributed by atoms with van der Waals surface area (Å²) < 4.78 is 4.82. The van der Waals surface area contributed by atoms with Crippen LogP contribution < -0.4 is 11.1 Å². The summed E-state index contributed by atoms with van der Waals surface area (Å²) in [5.74, 6) is -0.193. The minimum Gasteiger partial charge on any atom is -0.466 e. The van der Waals surface area contributed by atoms with Gasteiger partial charge in [0.15, 0.2) is 0 Å². The molecule has 1 aromatic rings. The fourth-order valence-electron chi connectivity index (χ4n) is 1.36. The summed E-state index contributed by atoms with van der Waals surface area (Å²) in [4.78, 5) is 11.1. The number of carbonyl (C=O) groups is 1. The smallest absolute Gasteiger partial charge is 0.307 e. The summed E-state index contributed by atoms with van der Waals surface area (Å²) >= 11 is 0. The van der Waals surface area contributed by atoms with Crippen LogP contribution in [0, 0.1) is 6.92 Å². The SMILES string of the molecule is CCOC(=O)CCNc1cc(C)ccc1N. The van der Waals surface area contributed by atoms with Crippen LogP contribution in [0.2, 0.25) is 0 Å². The molecule has 0 saturated carbocycles. The summed E-state index contributed by atoms with van der Waals surface area (Å²) in [5.41, 5.74) is 8.47. The fourth-order valence-corrected chi connectivity index (χ4v) is 1.36. The van der Waals surface area contributed by atoms with Crippen LogP contribution in [-0.2, 0) is 9.53 Å². The predicted molar refractivity (Wildman–Crippen MR) is 65.3 cm³/mol. The van der Waals surface area contributed by atoms with Crippen molar-refractivity contribution >= 4 is 17.3 Å². The fraction of sp³-hybridized carbons (Fsp3) is 0.417. The number of hydrogen-bond acceptors (Lipinski definition) is 4. The van der Waals surface area contributed by atoms with Crippen LogP contribution in [0.25, 0.3) is 0 Å². The molecule has 1 rings (SSSR count). The van der Waals surface area contributed by atoms with Crippen LogP contribution in [0.5, 0.6) is 0 Å². The number of nitrogens with two attached hydrogens (primary N) is 1. The van der Waals surface area contributed by atoms with Gasteiger partial charge in [-0.05, 0) is 31.5 Å². The van der Waals surface area contributed by atoms with Gasteiger partial charge in [-0.15, -0.1) is 0 Å². The molecule has 0 fully saturated rings. The van der Waals surface area contributed by atoms with Crippen LogP contribution in [0.3, 0.4) is 0 Å². The molecule has 0 saturated heterocycles. The molecular formula is C12H18N2O2. The number of rotatable bonds is 5. The number of hydrogen-bond donors (Lipinski definition) is 2. The van der Waals surface area contributed by atoms with Gasteiger partial charge in [-0.2, -0.15) is 0 Å². The van der Waals surface area contributed by atoms with Gasteiger partial charge in [0.05, 0.1) is 24.4 Å². The van der Waals surface area contributed by atoms with E-state index in [9.17, 15) is 4.79 Å². The van der Waals surface area contributed by atoms with E-state index in [0.717, 1.165) is 11.3 Å². The predicted octanol–water partition coefficient (Wildman–Crippen LogP) is 1.94. The lowest BCUT2D eigenvalue weighted by atomic mass is 10.2. The van der Waals surface area contributed by atoms with E-state index in [4.69, 9.17) is 10.5 Å². The zero-order chi connectivity index (χ0) is 12.0. The Balaban J connectivity index is 2.42. The Morgan fingerprint density at radius 2 is 2.25 bits per heavy atom. The molecule has 0 amide bonds. The molecule has 0 aromatic heterocycles. The van der Waals surface area contributed by atoms with Crippen molar-refractivity contribution in [3.8, 4) is 0 Å². The average Bonchev–Trinajstić information content (AvgIpc) is 2.23. The lowest BCUT2D eigenvalue weighted by molar-refractivity contribution is -0.142. The van der Waals surface area contributed by atoms with Crippen molar-refractivity contribution in [2.75, 3.05) is 24.2 Å². The first kappa shape index (κ1) is 12.4. The van der Waals surface area contributed by atoms with E-state index >= 15 is 0 Å². The second-order valence-corrected chi connectivity index (χ2v) is 3.57. The normalized spacial score (nSPS) is 9.88. The van der Waals surface area contributed by atoms with E-state index in [2.05, 4.69) is 5.32 Å². The van der Waals surface area contributed by atoms with Crippen LogP contribution in [-0.4, -0.2) is 19.1 Å². The average molecular weight is 222 g/mol. The number of esters is 1. The van der Waals surface area contributed by atoms with E-state index in [0.29, 0.717) is 25.3 Å². The maximum atomic E-state index is 11.1. The molecular weight excluding hydrogens is 204 g/mol. The van der Waals surface area contributed by atoms with E-state index in [1.807, 2.05) is 25.1 Å². The van der Waals surface area contributed by atoms with E-state index in [-0.39, 0.29) is 5.97 Å². The molecule has 0 aliphatic heterocycles. The second-order valence-electron chi connectivity index (χ2n) is 3.57. The van der Waals surface area contributed by atoms with Crippen molar-refractivity contribution < 1.29 is 9.53 Å². The van der Waals surface area contributed by atoms with Crippen molar-refractivity contribution in [2.24, 2.45) is 0 Å². The van der Waals surface area contributed by atoms with Crippen LogP contribution in [0.1, 0.15) is 18.9 Å². The van der Waals surface area contributed by atoms with Gasteiger partial charge in [0.2, 0.25) is 0 Å². The summed E-state index contributed by atoms with van der Waals surface area (Å²) in [7, 11) is 0. The van der Waals surface area contributed by atoms with Crippen molar-refractivity contribution in [1.82, 2.24) is 0 Å². The summed E-state index contributed by atoms with van der Waals surface area (Å²) in [6, 6.07) is 5.76. The van der Waals surface area contributed by atoms with Gasteiger partial charge >= 0.3 is 5.97 Å². The Morgan fingerprint density at radius 1 is 1.50 bits per heavy atom. The Morgan fingerprint density at radius 3 is 2.94 bits per heavy atom. The highest BCUT2D eigenvalue weighted by atomic mass is 16.5. The van der Waals surface area contributed by atoms with Crippen LogP contribution in [0.15, 0.2) is 18.2 Å². The van der Waals surface area contributed by atoms with Crippen LogP contribution >= 0.6 is 0 Å². The first-order valence-corrected chi connectivity index (χ1v) is 5.39. The summed E-state index contributed by atoms with van der Waals surface area (Å²) in [5, 5.41) is 3.12. The minimum absolute atomic E-state index is 0.193. The van der Waals surface area contributed by atoms with Gasteiger partial charge in [-0.3, -0.25) is 4.79 Å². The maximum Gasteiger partial charge on any atom is 0.307 e. The number of aryl methyl sites for hydroxylation is 1. The molecule has 4 nitrogen and oxygen atoms in total. The van der Waals surface area contributed by atoms with E-state index in [1.54, 1.807) is 6.92 Å². The zero-order valence-electron chi connectivity index (χ0n) is 9.75. The molecule has 0 unspecified atom stereocenters. The van der Waals surface area contributed by atoms with Gasteiger partial charge in [-0.25, -0.2) is 0 Å². The number of anilines is 2. The molecule has 0 radical (unpaired) electrons. The van der Waals surface area contributed by atoms with Crippen LogP contribution in [0.4, 0.5) is 11.4 Å². The number of benzene rings is 1. The topological polar surface area (TPSA) is 64.3 Å².